The lowest BCUT2D eigenvalue weighted by Gasteiger charge is -2.11. The number of benzene rings is 1. The van der Waals surface area contributed by atoms with E-state index in [0.717, 1.165) is 12.8 Å². The van der Waals surface area contributed by atoms with E-state index in [9.17, 15) is 5.11 Å². The molecule has 2 nitrogen and oxygen atoms in total. The van der Waals surface area contributed by atoms with Crippen LogP contribution in [0.1, 0.15) is 25.3 Å². The van der Waals surface area contributed by atoms with Crippen LogP contribution >= 0.6 is 0 Å². The Hall–Kier alpha value is -0.860. The van der Waals surface area contributed by atoms with E-state index in [4.69, 9.17) is 5.11 Å². The Morgan fingerprint density at radius 2 is 1.79 bits per heavy atom. The minimum Gasteiger partial charge on any atom is -0.393 e. The van der Waals surface area contributed by atoms with Gasteiger partial charge < -0.3 is 10.2 Å². The van der Waals surface area contributed by atoms with Crippen molar-refractivity contribution in [3.8, 4) is 0 Å². The minimum absolute atomic E-state index is 0.393. The molecule has 0 saturated heterocycles. The SMILES string of the molecule is C[C@@H](O)C[C@H](O)CCc1ccccc1. The molecule has 78 valence electrons. The van der Waals surface area contributed by atoms with Crippen LogP contribution in [0.2, 0.25) is 0 Å². The maximum absolute atomic E-state index is 9.52. The van der Waals surface area contributed by atoms with Crippen molar-refractivity contribution in [3.63, 3.8) is 0 Å². The topological polar surface area (TPSA) is 40.5 Å². The number of hydrogen-bond donors (Lipinski definition) is 2. The van der Waals surface area contributed by atoms with Crippen LogP contribution in [0.3, 0.4) is 0 Å². The molecule has 14 heavy (non-hydrogen) atoms. The van der Waals surface area contributed by atoms with Crippen LogP contribution in [0.15, 0.2) is 30.3 Å². The average molecular weight is 194 g/mol. The lowest BCUT2D eigenvalue weighted by Crippen LogP contribution is -2.15. The second-order valence-electron chi connectivity index (χ2n) is 3.76. The molecule has 0 saturated carbocycles. The molecule has 1 rings (SSSR count). The van der Waals surface area contributed by atoms with Crippen LogP contribution in [0, 0.1) is 0 Å². The molecule has 0 heterocycles. The summed E-state index contributed by atoms with van der Waals surface area (Å²) < 4.78 is 0. The predicted molar refractivity (Wildman–Crippen MR) is 57.1 cm³/mol. The fourth-order valence-corrected chi connectivity index (χ4v) is 1.49. The Balaban J connectivity index is 2.27. The van der Waals surface area contributed by atoms with Gasteiger partial charge in [0.1, 0.15) is 0 Å². The van der Waals surface area contributed by atoms with Crippen molar-refractivity contribution in [2.24, 2.45) is 0 Å². The first-order chi connectivity index (χ1) is 6.68. The van der Waals surface area contributed by atoms with Gasteiger partial charge >= 0.3 is 0 Å². The number of rotatable bonds is 5. The van der Waals surface area contributed by atoms with Gasteiger partial charge in [0.05, 0.1) is 12.2 Å². The summed E-state index contributed by atoms with van der Waals surface area (Å²) in [6, 6.07) is 10.1. The van der Waals surface area contributed by atoms with Gasteiger partial charge in [0.25, 0.3) is 0 Å². The van der Waals surface area contributed by atoms with Gasteiger partial charge in [-0.3, -0.25) is 0 Å². The number of aliphatic hydroxyl groups is 2. The largest absolute Gasteiger partial charge is 0.393 e. The van der Waals surface area contributed by atoms with Gasteiger partial charge in [0.2, 0.25) is 0 Å². The molecule has 0 aliphatic carbocycles. The van der Waals surface area contributed by atoms with Crippen molar-refractivity contribution < 1.29 is 10.2 Å². The standard InChI is InChI=1S/C12H18O2/c1-10(13)9-12(14)8-7-11-5-3-2-4-6-11/h2-6,10,12-14H,7-9H2,1H3/t10-,12-/m1/s1. The van der Waals surface area contributed by atoms with E-state index in [1.54, 1.807) is 6.92 Å². The van der Waals surface area contributed by atoms with Crippen LogP contribution in [-0.4, -0.2) is 22.4 Å². The lowest BCUT2D eigenvalue weighted by atomic mass is 10.0. The summed E-state index contributed by atoms with van der Waals surface area (Å²) in [5.41, 5.74) is 1.23. The van der Waals surface area contributed by atoms with Gasteiger partial charge in [-0.2, -0.15) is 0 Å². The Morgan fingerprint density at radius 1 is 1.14 bits per heavy atom. The third-order valence-electron chi connectivity index (χ3n) is 2.22. The van der Waals surface area contributed by atoms with Gasteiger partial charge in [0.15, 0.2) is 0 Å². The number of aryl methyl sites for hydroxylation is 1. The fourth-order valence-electron chi connectivity index (χ4n) is 1.49. The van der Waals surface area contributed by atoms with E-state index in [-0.39, 0.29) is 0 Å². The molecule has 0 radical (unpaired) electrons. The van der Waals surface area contributed by atoms with Crippen LogP contribution in [-0.2, 0) is 6.42 Å². The molecule has 0 bridgehead atoms. The monoisotopic (exact) mass is 194 g/mol. The van der Waals surface area contributed by atoms with Crippen molar-refractivity contribution in [1.82, 2.24) is 0 Å². The van der Waals surface area contributed by atoms with E-state index >= 15 is 0 Å². The molecule has 2 N–H and O–H groups in total. The lowest BCUT2D eigenvalue weighted by molar-refractivity contribution is 0.0854. The first kappa shape index (κ1) is 11.2. The molecular weight excluding hydrogens is 176 g/mol. The van der Waals surface area contributed by atoms with Crippen molar-refractivity contribution in [2.45, 2.75) is 38.4 Å². The summed E-state index contributed by atoms with van der Waals surface area (Å²) in [5.74, 6) is 0. The summed E-state index contributed by atoms with van der Waals surface area (Å²) in [4.78, 5) is 0. The Morgan fingerprint density at radius 3 is 2.36 bits per heavy atom. The maximum atomic E-state index is 9.52. The van der Waals surface area contributed by atoms with Gasteiger partial charge in [-0.05, 0) is 31.7 Å². The van der Waals surface area contributed by atoms with E-state index in [0.29, 0.717) is 6.42 Å². The molecule has 0 spiro atoms. The second kappa shape index (κ2) is 5.78. The van der Waals surface area contributed by atoms with E-state index in [1.165, 1.54) is 5.56 Å². The van der Waals surface area contributed by atoms with Gasteiger partial charge in [0, 0.05) is 0 Å². The number of aliphatic hydroxyl groups excluding tert-OH is 2. The van der Waals surface area contributed by atoms with Crippen LogP contribution in [0.4, 0.5) is 0 Å². The van der Waals surface area contributed by atoms with E-state index in [1.807, 2.05) is 18.2 Å². The summed E-state index contributed by atoms with van der Waals surface area (Å²) in [6.45, 7) is 1.70. The normalized spacial score (nSPS) is 15.1. The molecule has 2 heteroatoms. The highest BCUT2D eigenvalue weighted by Gasteiger charge is 2.07. The Labute approximate surface area is 85.2 Å². The maximum Gasteiger partial charge on any atom is 0.0567 e. The van der Waals surface area contributed by atoms with Crippen molar-refractivity contribution in [1.29, 1.82) is 0 Å². The van der Waals surface area contributed by atoms with Crippen LogP contribution in [0.5, 0.6) is 0 Å². The van der Waals surface area contributed by atoms with Gasteiger partial charge in [-0.1, -0.05) is 30.3 Å². The van der Waals surface area contributed by atoms with Gasteiger partial charge in [-0.25, -0.2) is 0 Å². The summed E-state index contributed by atoms with van der Waals surface area (Å²) >= 11 is 0. The van der Waals surface area contributed by atoms with Crippen molar-refractivity contribution in [2.75, 3.05) is 0 Å². The molecule has 1 aromatic rings. The summed E-state index contributed by atoms with van der Waals surface area (Å²) in [6.07, 6.45) is 1.24. The molecule has 0 aliphatic heterocycles. The molecule has 0 fully saturated rings. The highest BCUT2D eigenvalue weighted by atomic mass is 16.3. The molecule has 0 aromatic heterocycles. The second-order valence-corrected chi connectivity index (χ2v) is 3.76. The zero-order valence-corrected chi connectivity index (χ0v) is 8.56. The number of hydrogen-bond acceptors (Lipinski definition) is 2. The predicted octanol–water partition coefficient (Wildman–Crippen LogP) is 1.75. The molecule has 0 unspecified atom stereocenters. The minimum atomic E-state index is -0.416. The highest BCUT2D eigenvalue weighted by molar-refractivity contribution is 5.14. The third kappa shape index (κ3) is 4.40. The fraction of sp³-hybridized carbons (Fsp3) is 0.500. The summed E-state index contributed by atoms with van der Waals surface area (Å²) in [5, 5.41) is 18.6. The quantitative estimate of drug-likeness (QED) is 0.749. The first-order valence-electron chi connectivity index (χ1n) is 5.08. The molecular formula is C12H18O2. The molecule has 0 aliphatic rings. The van der Waals surface area contributed by atoms with E-state index < -0.39 is 12.2 Å². The highest BCUT2D eigenvalue weighted by Crippen LogP contribution is 2.08. The third-order valence-corrected chi connectivity index (χ3v) is 2.22. The molecule has 0 amide bonds. The zero-order chi connectivity index (χ0) is 10.4. The van der Waals surface area contributed by atoms with Crippen molar-refractivity contribution in [3.05, 3.63) is 35.9 Å². The molecule has 2 atom stereocenters. The molecule has 1 aromatic carbocycles. The Kier molecular flexibility index (Phi) is 4.63. The van der Waals surface area contributed by atoms with Crippen molar-refractivity contribution >= 4 is 0 Å². The smallest absolute Gasteiger partial charge is 0.0567 e. The first-order valence-corrected chi connectivity index (χ1v) is 5.08. The van der Waals surface area contributed by atoms with Crippen LogP contribution < -0.4 is 0 Å². The zero-order valence-electron chi connectivity index (χ0n) is 8.56. The van der Waals surface area contributed by atoms with E-state index in [2.05, 4.69) is 12.1 Å². The average Bonchev–Trinajstić information content (AvgIpc) is 2.15. The van der Waals surface area contributed by atoms with Gasteiger partial charge in [-0.15, -0.1) is 0 Å². The summed E-state index contributed by atoms with van der Waals surface area (Å²) in [7, 11) is 0. The van der Waals surface area contributed by atoms with Crippen LogP contribution in [0.25, 0.3) is 0 Å². The Bertz CT molecular complexity index is 244.